The van der Waals surface area contributed by atoms with Gasteiger partial charge in [0.25, 0.3) is 0 Å². The molecule has 3 aromatic heterocycles. The molecule has 0 fully saturated rings. The quantitative estimate of drug-likeness (QED) is 0.655. The van der Waals surface area contributed by atoms with E-state index in [1.54, 1.807) is 12.5 Å². The van der Waals surface area contributed by atoms with Crippen LogP contribution in [0.25, 0.3) is 22.6 Å². The Labute approximate surface area is 86.0 Å². The van der Waals surface area contributed by atoms with Crippen LogP contribution >= 0.6 is 0 Å². The van der Waals surface area contributed by atoms with E-state index in [4.69, 9.17) is 4.42 Å². The van der Waals surface area contributed by atoms with Gasteiger partial charge in [-0.2, -0.15) is 0 Å². The van der Waals surface area contributed by atoms with Gasteiger partial charge in [0, 0.05) is 6.20 Å². The molecule has 0 unspecified atom stereocenters. The lowest BCUT2D eigenvalue weighted by Gasteiger charge is -1.88. The van der Waals surface area contributed by atoms with Crippen molar-refractivity contribution in [3.63, 3.8) is 0 Å². The fraction of sp³-hybridized carbons (Fsp3) is 0.0909. The fourth-order valence-electron chi connectivity index (χ4n) is 1.54. The Hall–Kier alpha value is -2.10. The van der Waals surface area contributed by atoms with Gasteiger partial charge in [-0.3, -0.25) is 0 Å². The number of rotatable bonds is 1. The molecule has 0 atom stereocenters. The summed E-state index contributed by atoms with van der Waals surface area (Å²) in [5.74, 6) is 0.789. The molecule has 0 aromatic carbocycles. The second kappa shape index (κ2) is 2.95. The molecule has 0 saturated heterocycles. The van der Waals surface area contributed by atoms with Crippen molar-refractivity contribution in [2.24, 2.45) is 0 Å². The van der Waals surface area contributed by atoms with Gasteiger partial charge in [0.15, 0.2) is 5.65 Å². The van der Waals surface area contributed by atoms with Crippen molar-refractivity contribution in [1.82, 2.24) is 15.0 Å². The number of imidazole rings is 1. The summed E-state index contributed by atoms with van der Waals surface area (Å²) in [6.07, 6.45) is 5.09. The summed E-state index contributed by atoms with van der Waals surface area (Å²) in [6, 6.07) is 3.89. The highest BCUT2D eigenvalue weighted by molar-refractivity contribution is 5.75. The molecule has 4 heteroatoms. The van der Waals surface area contributed by atoms with Gasteiger partial charge in [-0.05, 0) is 24.6 Å². The standard InChI is InChI=1S/C11H9N3O/c1-7-4-9-11(12-5-7)14-10(13-9)8-2-3-15-6-8/h2-6H,1H3,(H,12,13,14). The molecule has 0 aliphatic heterocycles. The number of fused-ring (bicyclic) bond motifs is 1. The fourth-order valence-corrected chi connectivity index (χ4v) is 1.54. The number of hydrogen-bond acceptors (Lipinski definition) is 3. The number of furan rings is 1. The summed E-state index contributed by atoms with van der Waals surface area (Å²) in [4.78, 5) is 11.8. The van der Waals surface area contributed by atoms with Crippen LogP contribution in [0.1, 0.15) is 5.56 Å². The van der Waals surface area contributed by atoms with E-state index in [0.29, 0.717) is 0 Å². The van der Waals surface area contributed by atoms with E-state index in [9.17, 15) is 0 Å². The minimum absolute atomic E-state index is 0.733. The Kier molecular flexibility index (Phi) is 1.62. The highest BCUT2D eigenvalue weighted by Crippen LogP contribution is 2.19. The van der Waals surface area contributed by atoms with Gasteiger partial charge in [0.05, 0.1) is 17.3 Å². The van der Waals surface area contributed by atoms with Crippen molar-refractivity contribution in [2.75, 3.05) is 0 Å². The van der Waals surface area contributed by atoms with E-state index in [1.807, 2.05) is 25.3 Å². The van der Waals surface area contributed by atoms with Gasteiger partial charge in [-0.15, -0.1) is 0 Å². The summed E-state index contributed by atoms with van der Waals surface area (Å²) in [5.41, 5.74) is 3.73. The molecule has 0 radical (unpaired) electrons. The van der Waals surface area contributed by atoms with Crippen LogP contribution in [0, 0.1) is 6.92 Å². The maximum atomic E-state index is 5.01. The van der Waals surface area contributed by atoms with Crippen LogP contribution in [0.15, 0.2) is 35.3 Å². The number of aryl methyl sites for hydroxylation is 1. The average molecular weight is 199 g/mol. The number of nitrogens with one attached hydrogen (secondary N) is 1. The van der Waals surface area contributed by atoms with Crippen LogP contribution in [0.2, 0.25) is 0 Å². The van der Waals surface area contributed by atoms with Gasteiger partial charge in [0.2, 0.25) is 0 Å². The van der Waals surface area contributed by atoms with E-state index >= 15 is 0 Å². The van der Waals surface area contributed by atoms with E-state index in [2.05, 4.69) is 15.0 Å². The number of nitrogens with zero attached hydrogens (tertiary/aromatic N) is 2. The third-order valence-electron chi connectivity index (χ3n) is 2.27. The van der Waals surface area contributed by atoms with Gasteiger partial charge >= 0.3 is 0 Å². The number of pyridine rings is 1. The van der Waals surface area contributed by atoms with Crippen molar-refractivity contribution < 1.29 is 4.42 Å². The highest BCUT2D eigenvalue weighted by Gasteiger charge is 2.06. The molecular formula is C11H9N3O. The van der Waals surface area contributed by atoms with Crippen LogP contribution in [0.5, 0.6) is 0 Å². The van der Waals surface area contributed by atoms with Crippen molar-refractivity contribution in [3.05, 3.63) is 36.4 Å². The minimum atomic E-state index is 0.733. The number of aromatic amines is 1. The van der Waals surface area contributed by atoms with Gasteiger partial charge in [-0.1, -0.05) is 0 Å². The molecule has 0 aliphatic rings. The molecule has 74 valence electrons. The van der Waals surface area contributed by atoms with Crippen LogP contribution in [-0.2, 0) is 0 Å². The van der Waals surface area contributed by atoms with Crippen molar-refractivity contribution in [1.29, 1.82) is 0 Å². The topological polar surface area (TPSA) is 54.7 Å². The monoisotopic (exact) mass is 199 g/mol. The molecular weight excluding hydrogens is 190 g/mol. The summed E-state index contributed by atoms with van der Waals surface area (Å²) in [6.45, 7) is 2.00. The van der Waals surface area contributed by atoms with Gasteiger partial charge in [0.1, 0.15) is 12.1 Å². The second-order valence-corrected chi connectivity index (χ2v) is 3.48. The maximum absolute atomic E-state index is 5.01. The minimum Gasteiger partial charge on any atom is -0.472 e. The Morgan fingerprint density at radius 3 is 3.13 bits per heavy atom. The van der Waals surface area contributed by atoms with Crippen LogP contribution in [-0.4, -0.2) is 15.0 Å². The average Bonchev–Trinajstić information content (AvgIpc) is 2.84. The molecule has 1 N–H and O–H groups in total. The first-order valence-corrected chi connectivity index (χ1v) is 4.68. The smallest absolute Gasteiger partial charge is 0.178 e. The lowest BCUT2D eigenvalue weighted by Crippen LogP contribution is -1.77. The van der Waals surface area contributed by atoms with Crippen molar-refractivity contribution in [3.8, 4) is 11.4 Å². The van der Waals surface area contributed by atoms with Crippen molar-refractivity contribution in [2.45, 2.75) is 6.92 Å². The lowest BCUT2D eigenvalue weighted by atomic mass is 10.3. The first-order valence-electron chi connectivity index (χ1n) is 4.68. The van der Waals surface area contributed by atoms with Crippen LogP contribution < -0.4 is 0 Å². The molecule has 0 spiro atoms. The summed E-state index contributed by atoms with van der Waals surface area (Å²) >= 11 is 0. The van der Waals surface area contributed by atoms with Crippen LogP contribution in [0.3, 0.4) is 0 Å². The summed E-state index contributed by atoms with van der Waals surface area (Å²) in [7, 11) is 0. The molecule has 4 nitrogen and oxygen atoms in total. The number of hydrogen-bond donors (Lipinski definition) is 1. The Balaban J connectivity index is 2.22. The lowest BCUT2D eigenvalue weighted by molar-refractivity contribution is 0.568. The Morgan fingerprint density at radius 1 is 1.40 bits per heavy atom. The van der Waals surface area contributed by atoms with E-state index < -0.39 is 0 Å². The zero-order valence-corrected chi connectivity index (χ0v) is 8.19. The molecule has 0 saturated carbocycles. The SMILES string of the molecule is Cc1cnc2nc(-c3ccoc3)[nH]c2c1. The van der Waals surface area contributed by atoms with E-state index in [-0.39, 0.29) is 0 Å². The first kappa shape index (κ1) is 8.23. The van der Waals surface area contributed by atoms with Crippen LogP contribution in [0.4, 0.5) is 0 Å². The first-order chi connectivity index (χ1) is 7.33. The summed E-state index contributed by atoms with van der Waals surface area (Å²) in [5, 5.41) is 0. The largest absolute Gasteiger partial charge is 0.472 e. The number of H-pyrrole nitrogens is 1. The predicted molar refractivity (Wildman–Crippen MR) is 56.3 cm³/mol. The molecule has 3 rings (SSSR count). The van der Waals surface area contributed by atoms with Gasteiger partial charge < -0.3 is 9.40 Å². The normalized spacial score (nSPS) is 11.0. The molecule has 0 bridgehead atoms. The van der Waals surface area contributed by atoms with E-state index in [0.717, 1.165) is 28.1 Å². The molecule has 3 aromatic rings. The number of aromatic nitrogens is 3. The van der Waals surface area contributed by atoms with Gasteiger partial charge in [-0.25, -0.2) is 9.97 Å². The Morgan fingerprint density at radius 2 is 2.33 bits per heavy atom. The van der Waals surface area contributed by atoms with Crippen molar-refractivity contribution >= 4 is 11.2 Å². The molecule has 0 aliphatic carbocycles. The predicted octanol–water partition coefficient (Wildman–Crippen LogP) is 2.53. The summed E-state index contributed by atoms with van der Waals surface area (Å²) < 4.78 is 5.01. The zero-order valence-electron chi connectivity index (χ0n) is 8.19. The third-order valence-corrected chi connectivity index (χ3v) is 2.27. The van der Waals surface area contributed by atoms with E-state index in [1.165, 1.54) is 0 Å². The Bertz CT molecular complexity index is 595. The molecule has 3 heterocycles. The zero-order chi connectivity index (χ0) is 10.3. The second-order valence-electron chi connectivity index (χ2n) is 3.48. The highest BCUT2D eigenvalue weighted by atomic mass is 16.3. The third kappa shape index (κ3) is 1.30. The molecule has 0 amide bonds. The molecule has 15 heavy (non-hydrogen) atoms. The maximum Gasteiger partial charge on any atom is 0.178 e.